The van der Waals surface area contributed by atoms with Crippen molar-refractivity contribution in [2.45, 2.75) is 25.9 Å². The van der Waals surface area contributed by atoms with Crippen LogP contribution in [0.1, 0.15) is 19.8 Å². The van der Waals surface area contributed by atoms with Gasteiger partial charge in [0.1, 0.15) is 17.7 Å². The number of halogens is 2. The maximum atomic E-state index is 12.8. The van der Waals surface area contributed by atoms with Gasteiger partial charge >= 0.3 is 0 Å². The minimum atomic E-state index is -0.263. The lowest BCUT2D eigenvalue weighted by Crippen LogP contribution is -2.45. The summed E-state index contributed by atoms with van der Waals surface area (Å²) in [5, 5.41) is 3.03. The Morgan fingerprint density at radius 1 is 1.36 bits per heavy atom. The van der Waals surface area contributed by atoms with Gasteiger partial charge in [-0.2, -0.15) is 0 Å². The first-order valence-corrected chi connectivity index (χ1v) is 7.45. The number of benzene rings is 1. The van der Waals surface area contributed by atoms with Gasteiger partial charge in [-0.25, -0.2) is 4.39 Å². The summed E-state index contributed by atoms with van der Waals surface area (Å²) in [5.41, 5.74) is 0. The van der Waals surface area contributed by atoms with Crippen molar-refractivity contribution in [1.29, 1.82) is 0 Å². The Bertz CT molecular complexity index is 462. The van der Waals surface area contributed by atoms with E-state index in [4.69, 9.17) is 4.74 Å². The Morgan fingerprint density at radius 2 is 1.95 bits per heavy atom. The van der Waals surface area contributed by atoms with Gasteiger partial charge in [-0.3, -0.25) is 4.79 Å². The maximum Gasteiger partial charge on any atom is 0.226 e. The second kappa shape index (κ2) is 8.96. The maximum absolute atomic E-state index is 12.8. The fourth-order valence-electron chi connectivity index (χ4n) is 2.60. The average molecular weight is 331 g/mol. The molecule has 1 unspecified atom stereocenters. The number of piperidine rings is 1. The van der Waals surface area contributed by atoms with Crippen LogP contribution in [0.5, 0.6) is 5.75 Å². The molecule has 1 aromatic carbocycles. The van der Waals surface area contributed by atoms with Crippen LogP contribution in [0.3, 0.4) is 0 Å². The molecule has 1 amide bonds. The normalized spacial score (nSPS) is 16.8. The molecule has 6 heteroatoms. The van der Waals surface area contributed by atoms with Crippen LogP contribution < -0.4 is 10.1 Å². The zero-order valence-electron chi connectivity index (χ0n) is 13.0. The lowest BCUT2D eigenvalue weighted by molar-refractivity contribution is -0.136. The van der Waals surface area contributed by atoms with Crippen LogP contribution in [0.2, 0.25) is 0 Å². The molecule has 0 saturated carbocycles. The van der Waals surface area contributed by atoms with Gasteiger partial charge in [0.15, 0.2) is 0 Å². The Labute approximate surface area is 137 Å². The van der Waals surface area contributed by atoms with Crippen molar-refractivity contribution in [3.8, 4) is 5.75 Å². The van der Waals surface area contributed by atoms with Crippen LogP contribution in [-0.4, -0.2) is 43.6 Å². The molecule has 0 aromatic heterocycles. The van der Waals surface area contributed by atoms with E-state index in [1.54, 1.807) is 12.1 Å². The highest BCUT2D eigenvalue weighted by Crippen LogP contribution is 2.20. The predicted molar refractivity (Wildman–Crippen MR) is 87.0 cm³/mol. The third-order valence-corrected chi connectivity index (χ3v) is 3.80. The second-order valence-corrected chi connectivity index (χ2v) is 5.56. The zero-order chi connectivity index (χ0) is 15.2. The van der Waals surface area contributed by atoms with E-state index >= 15 is 0 Å². The van der Waals surface area contributed by atoms with Crippen LogP contribution in [0.25, 0.3) is 0 Å². The standard InChI is InChI=1S/C16H23FN2O2.ClH/c1-12(11-18-2)16(20)19-9-7-15(8-10-19)21-14-5-3-13(17)4-6-14;/h3-6,12,15,18H,7-11H2,1-2H3;1H. The van der Waals surface area contributed by atoms with Crippen molar-refractivity contribution in [3.05, 3.63) is 30.1 Å². The van der Waals surface area contributed by atoms with Crippen molar-refractivity contribution in [3.63, 3.8) is 0 Å². The number of nitrogens with zero attached hydrogens (tertiary/aromatic N) is 1. The van der Waals surface area contributed by atoms with Gasteiger partial charge in [0.05, 0.1) is 0 Å². The fourth-order valence-corrected chi connectivity index (χ4v) is 2.60. The summed E-state index contributed by atoms with van der Waals surface area (Å²) in [5.74, 6) is 0.625. The van der Waals surface area contributed by atoms with Crippen molar-refractivity contribution >= 4 is 18.3 Å². The summed E-state index contributed by atoms with van der Waals surface area (Å²) in [6.45, 7) is 4.09. The van der Waals surface area contributed by atoms with E-state index in [-0.39, 0.29) is 36.2 Å². The first-order chi connectivity index (χ1) is 10.1. The molecule has 0 bridgehead atoms. The van der Waals surface area contributed by atoms with Crippen molar-refractivity contribution in [1.82, 2.24) is 10.2 Å². The molecule has 1 aliphatic heterocycles. The fraction of sp³-hybridized carbons (Fsp3) is 0.562. The topological polar surface area (TPSA) is 41.6 Å². The highest BCUT2D eigenvalue weighted by molar-refractivity contribution is 5.85. The van der Waals surface area contributed by atoms with E-state index in [1.807, 2.05) is 18.9 Å². The molecule has 0 radical (unpaired) electrons. The number of hydrogen-bond acceptors (Lipinski definition) is 3. The van der Waals surface area contributed by atoms with Crippen molar-refractivity contribution in [2.75, 3.05) is 26.7 Å². The number of rotatable bonds is 5. The molecule has 0 spiro atoms. The van der Waals surface area contributed by atoms with Gasteiger partial charge in [-0.1, -0.05) is 6.92 Å². The smallest absolute Gasteiger partial charge is 0.226 e. The highest BCUT2D eigenvalue weighted by atomic mass is 35.5. The van der Waals surface area contributed by atoms with Crippen LogP contribution in [0.4, 0.5) is 4.39 Å². The third kappa shape index (κ3) is 5.14. The van der Waals surface area contributed by atoms with Crippen molar-refractivity contribution in [2.24, 2.45) is 5.92 Å². The third-order valence-electron chi connectivity index (χ3n) is 3.80. The highest BCUT2D eigenvalue weighted by Gasteiger charge is 2.26. The van der Waals surface area contributed by atoms with Crippen LogP contribution in [0.15, 0.2) is 24.3 Å². The van der Waals surface area contributed by atoms with E-state index in [1.165, 1.54) is 12.1 Å². The Balaban J connectivity index is 0.00000242. The van der Waals surface area contributed by atoms with Gasteiger partial charge in [0.25, 0.3) is 0 Å². The molecule has 1 heterocycles. The Hall–Kier alpha value is -1.33. The number of nitrogens with one attached hydrogen (secondary N) is 1. The molecule has 1 N–H and O–H groups in total. The number of likely N-dealkylation sites (tertiary alicyclic amines) is 1. The van der Waals surface area contributed by atoms with E-state index in [2.05, 4.69) is 5.32 Å². The van der Waals surface area contributed by atoms with E-state index in [9.17, 15) is 9.18 Å². The molecule has 1 saturated heterocycles. The molecule has 1 fully saturated rings. The van der Waals surface area contributed by atoms with Gasteiger partial charge in [-0.05, 0) is 31.3 Å². The number of carbonyl (C=O) groups excluding carboxylic acids is 1. The summed E-state index contributed by atoms with van der Waals surface area (Å²) in [6, 6.07) is 6.07. The predicted octanol–water partition coefficient (Wildman–Crippen LogP) is 2.47. The van der Waals surface area contributed by atoms with E-state index < -0.39 is 0 Å². The summed E-state index contributed by atoms with van der Waals surface area (Å²) in [6.07, 6.45) is 1.73. The van der Waals surface area contributed by atoms with E-state index in [0.29, 0.717) is 12.3 Å². The first-order valence-electron chi connectivity index (χ1n) is 7.45. The molecule has 2 rings (SSSR count). The molecule has 1 atom stereocenters. The van der Waals surface area contributed by atoms with Crippen molar-refractivity contribution < 1.29 is 13.9 Å². The SMILES string of the molecule is CNCC(C)C(=O)N1CCC(Oc2ccc(F)cc2)CC1.Cl. The molecule has 0 aliphatic carbocycles. The Kier molecular flexibility index (Phi) is 7.62. The summed E-state index contributed by atoms with van der Waals surface area (Å²) >= 11 is 0. The van der Waals surface area contributed by atoms with Gasteiger partial charge < -0.3 is 15.0 Å². The molecule has 124 valence electrons. The number of ether oxygens (including phenoxy) is 1. The lowest BCUT2D eigenvalue weighted by atomic mass is 10.0. The zero-order valence-corrected chi connectivity index (χ0v) is 13.9. The Morgan fingerprint density at radius 3 is 2.50 bits per heavy atom. The molecular weight excluding hydrogens is 307 g/mol. The first kappa shape index (κ1) is 18.7. The molecule has 1 aromatic rings. The van der Waals surface area contributed by atoms with Gasteiger partial charge in [0.2, 0.25) is 5.91 Å². The van der Waals surface area contributed by atoms with Gasteiger partial charge in [0, 0.05) is 38.4 Å². The van der Waals surface area contributed by atoms with E-state index in [0.717, 1.165) is 25.9 Å². The molecule has 1 aliphatic rings. The monoisotopic (exact) mass is 330 g/mol. The summed E-state index contributed by atoms with van der Waals surface area (Å²) < 4.78 is 18.7. The average Bonchev–Trinajstić information content (AvgIpc) is 2.50. The quantitative estimate of drug-likeness (QED) is 0.901. The largest absolute Gasteiger partial charge is 0.490 e. The summed E-state index contributed by atoms with van der Waals surface area (Å²) in [4.78, 5) is 14.1. The second-order valence-electron chi connectivity index (χ2n) is 5.56. The molecule has 4 nitrogen and oxygen atoms in total. The molecule has 22 heavy (non-hydrogen) atoms. The number of hydrogen-bond donors (Lipinski definition) is 1. The van der Waals surface area contributed by atoms with Crippen LogP contribution in [-0.2, 0) is 4.79 Å². The van der Waals surface area contributed by atoms with Crippen LogP contribution in [0, 0.1) is 11.7 Å². The lowest BCUT2D eigenvalue weighted by Gasteiger charge is -2.33. The molecular formula is C16H24ClFN2O2. The van der Waals surface area contributed by atoms with Crippen LogP contribution >= 0.6 is 12.4 Å². The minimum Gasteiger partial charge on any atom is -0.490 e. The minimum absolute atomic E-state index is 0. The number of amides is 1. The van der Waals surface area contributed by atoms with Gasteiger partial charge in [-0.15, -0.1) is 12.4 Å². The number of carbonyl (C=O) groups is 1. The summed E-state index contributed by atoms with van der Waals surface area (Å²) in [7, 11) is 1.85.